The minimum Gasteiger partial charge on any atom is -0.303 e. The summed E-state index contributed by atoms with van der Waals surface area (Å²) >= 11 is 1.69. The van der Waals surface area contributed by atoms with E-state index in [9.17, 15) is 0 Å². The van der Waals surface area contributed by atoms with E-state index in [1.807, 2.05) is 0 Å². The first-order valence-corrected chi connectivity index (χ1v) is 6.58. The molecule has 0 unspecified atom stereocenters. The second-order valence-electron chi connectivity index (χ2n) is 3.92. The van der Waals surface area contributed by atoms with Gasteiger partial charge in [0, 0.05) is 12.1 Å². The van der Waals surface area contributed by atoms with Crippen molar-refractivity contribution in [3.05, 3.63) is 29.3 Å². The Balaban J connectivity index is 2.25. The average Bonchev–Trinajstić information content (AvgIpc) is 2.76. The number of hydrogen-bond acceptors (Lipinski definition) is 4. The Bertz CT molecular complexity index is 505. The first kappa shape index (κ1) is 9.90. The van der Waals surface area contributed by atoms with Crippen LogP contribution in [-0.2, 0) is 0 Å². The van der Waals surface area contributed by atoms with E-state index < -0.39 is 0 Å². The predicted octanol–water partition coefficient (Wildman–Crippen LogP) is 2.42. The molecule has 0 fully saturated rings. The molecule has 1 aromatic rings. The van der Waals surface area contributed by atoms with Crippen molar-refractivity contribution in [3.8, 4) is 0 Å². The van der Waals surface area contributed by atoms with E-state index in [0.29, 0.717) is 0 Å². The van der Waals surface area contributed by atoms with Crippen molar-refractivity contribution in [1.29, 1.82) is 0 Å². The van der Waals surface area contributed by atoms with Gasteiger partial charge in [0.25, 0.3) is 0 Å². The number of benzene rings is 1. The minimum atomic E-state index is 0.878. The van der Waals surface area contributed by atoms with Crippen LogP contribution < -0.4 is 0 Å². The molecule has 3 rings (SSSR count). The summed E-state index contributed by atoms with van der Waals surface area (Å²) in [7, 11) is 0. The molecule has 82 valence electrons. The van der Waals surface area contributed by atoms with Gasteiger partial charge in [0.05, 0.1) is 12.2 Å². The second-order valence-corrected chi connectivity index (χ2v) is 4.70. The zero-order valence-electron chi connectivity index (χ0n) is 9.40. The molecule has 2 heterocycles. The third-order valence-corrected chi connectivity index (χ3v) is 3.62. The summed E-state index contributed by atoms with van der Waals surface area (Å²) in [6.07, 6.45) is 2.07. The van der Waals surface area contributed by atoms with Crippen molar-refractivity contribution in [2.24, 2.45) is 9.98 Å². The Morgan fingerprint density at radius 2 is 2.25 bits per heavy atom. The molecule has 0 bridgehead atoms. The van der Waals surface area contributed by atoms with Crippen LogP contribution in [0.2, 0.25) is 0 Å². The molecule has 0 aromatic heterocycles. The number of aryl methyl sites for hydroxylation is 1. The molecule has 0 N–H and O–H groups in total. The summed E-state index contributed by atoms with van der Waals surface area (Å²) < 4.78 is 0. The maximum Gasteiger partial charge on any atom is 0.169 e. The maximum absolute atomic E-state index is 4.69. The molecular formula is C12H13N3S. The van der Waals surface area contributed by atoms with Gasteiger partial charge in [0.2, 0.25) is 0 Å². The summed E-state index contributed by atoms with van der Waals surface area (Å²) in [6, 6.07) is 6.25. The van der Waals surface area contributed by atoms with Crippen LogP contribution in [0.15, 0.2) is 28.2 Å². The van der Waals surface area contributed by atoms with Crippen molar-refractivity contribution >= 4 is 28.5 Å². The highest BCUT2D eigenvalue weighted by atomic mass is 32.2. The fourth-order valence-corrected chi connectivity index (χ4v) is 2.79. The van der Waals surface area contributed by atoms with E-state index in [1.165, 1.54) is 11.1 Å². The van der Waals surface area contributed by atoms with Crippen molar-refractivity contribution in [2.45, 2.75) is 6.92 Å². The van der Waals surface area contributed by atoms with Crippen molar-refractivity contribution < 1.29 is 0 Å². The molecule has 0 amide bonds. The molecule has 0 radical (unpaired) electrons. The quantitative estimate of drug-likeness (QED) is 0.686. The van der Waals surface area contributed by atoms with Crippen molar-refractivity contribution in [1.82, 2.24) is 4.90 Å². The van der Waals surface area contributed by atoms with Crippen LogP contribution in [0, 0.1) is 6.92 Å². The molecule has 0 aliphatic carbocycles. The van der Waals surface area contributed by atoms with Crippen molar-refractivity contribution in [2.75, 3.05) is 19.3 Å². The number of rotatable bonds is 0. The van der Waals surface area contributed by atoms with Gasteiger partial charge in [-0.3, -0.25) is 4.99 Å². The second kappa shape index (κ2) is 3.63. The lowest BCUT2D eigenvalue weighted by Gasteiger charge is -2.27. The molecule has 16 heavy (non-hydrogen) atoms. The van der Waals surface area contributed by atoms with Crippen molar-refractivity contribution in [3.63, 3.8) is 0 Å². The fraction of sp³-hybridized carbons (Fsp3) is 0.333. The molecule has 0 atom stereocenters. The van der Waals surface area contributed by atoms with Crippen LogP contribution >= 0.6 is 11.8 Å². The lowest BCUT2D eigenvalue weighted by molar-refractivity contribution is 0.674. The van der Waals surface area contributed by atoms with Gasteiger partial charge >= 0.3 is 0 Å². The number of fused-ring (bicyclic) bond motifs is 3. The van der Waals surface area contributed by atoms with E-state index in [4.69, 9.17) is 4.99 Å². The first-order valence-electron chi connectivity index (χ1n) is 5.36. The first-order chi connectivity index (χ1) is 7.81. The Kier molecular flexibility index (Phi) is 2.24. The van der Waals surface area contributed by atoms with Gasteiger partial charge < -0.3 is 4.90 Å². The van der Waals surface area contributed by atoms with Gasteiger partial charge in [-0.25, -0.2) is 4.99 Å². The standard InChI is InChI=1S/C12H13N3S/c1-8-4-3-5-9-10(8)11-13-6-7-15(11)12(14-9)16-2/h3-5H,6-7H2,1-2H3. The van der Waals surface area contributed by atoms with E-state index in [1.54, 1.807) is 11.8 Å². The molecule has 0 saturated carbocycles. The van der Waals surface area contributed by atoms with E-state index >= 15 is 0 Å². The molecular weight excluding hydrogens is 218 g/mol. The highest BCUT2D eigenvalue weighted by Crippen LogP contribution is 2.32. The zero-order valence-corrected chi connectivity index (χ0v) is 10.2. The largest absolute Gasteiger partial charge is 0.303 e. The Morgan fingerprint density at radius 1 is 1.38 bits per heavy atom. The van der Waals surface area contributed by atoms with Gasteiger partial charge in [0.15, 0.2) is 5.17 Å². The van der Waals surface area contributed by atoms with Gasteiger partial charge in [-0.1, -0.05) is 23.9 Å². The Labute approximate surface area is 99.3 Å². The molecule has 1 aromatic carbocycles. The lowest BCUT2D eigenvalue weighted by Crippen LogP contribution is -2.35. The highest BCUT2D eigenvalue weighted by Gasteiger charge is 2.29. The van der Waals surface area contributed by atoms with Gasteiger partial charge in [-0.15, -0.1) is 0 Å². The van der Waals surface area contributed by atoms with Crippen LogP contribution in [0.1, 0.15) is 11.1 Å². The van der Waals surface area contributed by atoms with Crippen LogP contribution in [-0.4, -0.2) is 35.2 Å². The molecule has 2 aliphatic rings. The number of nitrogens with zero attached hydrogens (tertiary/aromatic N) is 3. The third kappa shape index (κ3) is 1.29. The summed E-state index contributed by atoms with van der Waals surface area (Å²) in [4.78, 5) is 11.5. The summed E-state index contributed by atoms with van der Waals surface area (Å²) in [5.41, 5.74) is 3.52. The molecule has 2 aliphatic heterocycles. The number of thioether (sulfide) groups is 1. The normalized spacial score (nSPS) is 17.8. The van der Waals surface area contributed by atoms with Crippen LogP contribution in [0.25, 0.3) is 0 Å². The number of hydrogen-bond donors (Lipinski definition) is 0. The summed E-state index contributed by atoms with van der Waals surface area (Å²) in [5.74, 6) is 1.10. The number of amidine groups is 2. The molecule has 3 nitrogen and oxygen atoms in total. The van der Waals surface area contributed by atoms with Crippen LogP contribution in [0.4, 0.5) is 5.69 Å². The van der Waals surface area contributed by atoms with E-state index in [2.05, 4.69) is 41.3 Å². The zero-order chi connectivity index (χ0) is 11.1. The molecule has 0 spiro atoms. The smallest absolute Gasteiger partial charge is 0.169 e. The summed E-state index contributed by atoms with van der Waals surface area (Å²) in [6.45, 7) is 3.96. The van der Waals surface area contributed by atoms with Crippen LogP contribution in [0.3, 0.4) is 0 Å². The number of aliphatic imine (C=N–C) groups is 2. The minimum absolute atomic E-state index is 0.878. The van der Waals surface area contributed by atoms with Gasteiger partial charge in [-0.2, -0.15) is 0 Å². The van der Waals surface area contributed by atoms with Gasteiger partial charge in [-0.05, 0) is 24.8 Å². The fourth-order valence-electron chi connectivity index (χ4n) is 2.20. The predicted molar refractivity (Wildman–Crippen MR) is 69.9 cm³/mol. The highest BCUT2D eigenvalue weighted by molar-refractivity contribution is 8.13. The van der Waals surface area contributed by atoms with Gasteiger partial charge in [0.1, 0.15) is 5.84 Å². The average molecular weight is 231 g/mol. The Morgan fingerprint density at radius 3 is 3.06 bits per heavy atom. The summed E-state index contributed by atoms with van der Waals surface area (Å²) in [5, 5.41) is 1.06. The third-order valence-electron chi connectivity index (χ3n) is 2.94. The molecule has 4 heteroatoms. The Hall–Kier alpha value is -1.29. The van der Waals surface area contributed by atoms with E-state index in [-0.39, 0.29) is 0 Å². The monoisotopic (exact) mass is 231 g/mol. The topological polar surface area (TPSA) is 28.0 Å². The lowest BCUT2D eigenvalue weighted by atomic mass is 10.0. The SMILES string of the molecule is CSC1=Nc2cccc(C)c2C2=NCCN12. The van der Waals surface area contributed by atoms with Crippen LogP contribution in [0.5, 0.6) is 0 Å². The van der Waals surface area contributed by atoms with E-state index in [0.717, 1.165) is 29.8 Å². The molecule has 0 saturated heterocycles. The maximum atomic E-state index is 4.69.